The van der Waals surface area contributed by atoms with Crippen molar-refractivity contribution in [1.82, 2.24) is 10.3 Å². The summed E-state index contributed by atoms with van der Waals surface area (Å²) < 4.78 is 45.6. The fourth-order valence-electron chi connectivity index (χ4n) is 2.63. The minimum atomic E-state index is -0.966. The van der Waals surface area contributed by atoms with Crippen molar-refractivity contribution in [2.24, 2.45) is 5.73 Å². The number of hydrogen-bond donors (Lipinski definition) is 2. The van der Waals surface area contributed by atoms with E-state index in [-0.39, 0.29) is 12.0 Å². The quantitative estimate of drug-likeness (QED) is 0.440. The van der Waals surface area contributed by atoms with Gasteiger partial charge in [-0.15, -0.1) is 0 Å². The smallest absolute Gasteiger partial charge is 0.252 e. The summed E-state index contributed by atoms with van der Waals surface area (Å²) in [6.45, 7) is -0.138. The van der Waals surface area contributed by atoms with Gasteiger partial charge < -0.3 is 15.8 Å². The molecule has 29 heavy (non-hydrogen) atoms. The number of unbranched alkanes of at least 4 members (excludes halogenated alkanes) is 2. The standard InChI is InChI=1S/C20H22F3N3O3/c21-14-5-4-6-15(22)19(14)29-12-17(27)16(7-2-1-3-9-24)26-20(28)13-8-10-25-18(23)11-13/h4-6,8,10-11,16H,1-3,7,9,12,24H2,(H,26,28)/t16-/m0/s1. The number of carbonyl (C=O) groups is 2. The van der Waals surface area contributed by atoms with E-state index in [1.54, 1.807) is 0 Å². The number of carbonyl (C=O) groups excluding carboxylic acids is 2. The molecular formula is C20H22F3N3O3. The maximum atomic E-state index is 13.7. The van der Waals surface area contributed by atoms with Crippen LogP contribution in [0.1, 0.15) is 36.0 Å². The molecule has 1 amide bonds. The first-order chi connectivity index (χ1) is 13.9. The molecule has 0 spiro atoms. The highest BCUT2D eigenvalue weighted by Crippen LogP contribution is 2.21. The van der Waals surface area contributed by atoms with Crippen LogP contribution in [-0.4, -0.2) is 35.9 Å². The summed E-state index contributed by atoms with van der Waals surface area (Å²) in [5.41, 5.74) is 5.45. The number of ether oxygens (including phenoxy) is 1. The molecule has 0 aliphatic heterocycles. The van der Waals surface area contributed by atoms with Gasteiger partial charge in [0.25, 0.3) is 5.91 Å². The summed E-state index contributed by atoms with van der Waals surface area (Å²) >= 11 is 0. The Balaban J connectivity index is 2.05. The lowest BCUT2D eigenvalue weighted by molar-refractivity contribution is -0.123. The summed E-state index contributed by atoms with van der Waals surface area (Å²) in [5, 5.41) is 2.52. The van der Waals surface area contributed by atoms with Gasteiger partial charge in [0.1, 0.15) is 6.61 Å². The number of ketones is 1. The van der Waals surface area contributed by atoms with Gasteiger partial charge in [-0.25, -0.2) is 13.8 Å². The molecule has 0 radical (unpaired) electrons. The molecule has 0 bridgehead atoms. The van der Waals surface area contributed by atoms with Gasteiger partial charge in [-0.2, -0.15) is 4.39 Å². The molecule has 0 saturated carbocycles. The van der Waals surface area contributed by atoms with E-state index in [4.69, 9.17) is 10.5 Å². The average Bonchev–Trinajstić information content (AvgIpc) is 2.69. The molecule has 0 aliphatic rings. The van der Waals surface area contributed by atoms with Crippen molar-refractivity contribution in [2.75, 3.05) is 13.2 Å². The molecule has 1 heterocycles. The maximum Gasteiger partial charge on any atom is 0.252 e. The topological polar surface area (TPSA) is 94.3 Å². The van der Waals surface area contributed by atoms with Crippen LogP contribution in [0.5, 0.6) is 5.75 Å². The Hall–Kier alpha value is -2.94. The van der Waals surface area contributed by atoms with Gasteiger partial charge in [-0.3, -0.25) is 9.59 Å². The molecule has 0 aliphatic carbocycles. The Labute approximate surface area is 166 Å². The maximum absolute atomic E-state index is 13.7. The first-order valence-corrected chi connectivity index (χ1v) is 9.14. The molecule has 0 saturated heterocycles. The highest BCUT2D eigenvalue weighted by atomic mass is 19.1. The van der Waals surface area contributed by atoms with E-state index < -0.39 is 47.7 Å². The van der Waals surface area contributed by atoms with E-state index in [0.717, 1.165) is 37.2 Å². The van der Waals surface area contributed by atoms with Crippen LogP contribution < -0.4 is 15.8 Å². The first kappa shape index (κ1) is 22.4. The number of para-hydroxylation sites is 1. The third-order valence-electron chi connectivity index (χ3n) is 4.16. The second-order valence-electron chi connectivity index (χ2n) is 6.34. The first-order valence-electron chi connectivity index (χ1n) is 9.14. The summed E-state index contributed by atoms with van der Waals surface area (Å²) in [6.07, 6.45) is 3.49. The van der Waals surface area contributed by atoms with Gasteiger partial charge in [0.05, 0.1) is 6.04 Å². The number of hydrogen-bond acceptors (Lipinski definition) is 5. The third-order valence-corrected chi connectivity index (χ3v) is 4.16. The van der Waals surface area contributed by atoms with Crippen molar-refractivity contribution in [3.8, 4) is 5.75 Å². The van der Waals surface area contributed by atoms with Gasteiger partial charge in [0.2, 0.25) is 5.95 Å². The van der Waals surface area contributed by atoms with Crippen LogP contribution in [-0.2, 0) is 4.79 Å². The Morgan fingerprint density at radius 1 is 1.10 bits per heavy atom. The SMILES string of the molecule is NCCCCC[C@H](NC(=O)c1ccnc(F)c1)C(=O)COc1c(F)cccc1F. The predicted octanol–water partition coefficient (Wildman–Crippen LogP) is 2.76. The number of pyridine rings is 1. The molecule has 156 valence electrons. The van der Waals surface area contributed by atoms with Gasteiger partial charge in [0, 0.05) is 17.8 Å². The predicted molar refractivity (Wildman–Crippen MR) is 99.8 cm³/mol. The molecule has 1 atom stereocenters. The van der Waals surface area contributed by atoms with E-state index >= 15 is 0 Å². The number of nitrogens with two attached hydrogens (primary N) is 1. The van der Waals surface area contributed by atoms with Crippen LogP contribution in [0.4, 0.5) is 13.2 Å². The summed E-state index contributed by atoms with van der Waals surface area (Å²) in [7, 11) is 0. The second-order valence-corrected chi connectivity index (χ2v) is 6.34. The number of Topliss-reactive ketones (excluding diaryl/α,β-unsaturated/α-hetero) is 1. The van der Waals surface area contributed by atoms with E-state index in [1.807, 2.05) is 0 Å². The lowest BCUT2D eigenvalue weighted by atomic mass is 10.0. The van der Waals surface area contributed by atoms with Crippen LogP contribution >= 0.6 is 0 Å². The number of nitrogens with zero attached hydrogens (tertiary/aromatic N) is 1. The monoisotopic (exact) mass is 409 g/mol. The fourth-order valence-corrected chi connectivity index (χ4v) is 2.63. The number of amides is 1. The zero-order valence-electron chi connectivity index (χ0n) is 15.7. The van der Waals surface area contributed by atoms with Crippen molar-refractivity contribution in [2.45, 2.75) is 31.7 Å². The van der Waals surface area contributed by atoms with Crippen LogP contribution in [0, 0.1) is 17.6 Å². The van der Waals surface area contributed by atoms with Crippen LogP contribution in [0.15, 0.2) is 36.5 Å². The molecule has 6 nitrogen and oxygen atoms in total. The number of halogens is 3. The molecule has 1 aromatic carbocycles. The Kier molecular flexibility index (Phi) is 8.60. The lowest BCUT2D eigenvalue weighted by Gasteiger charge is -2.18. The Bertz CT molecular complexity index is 828. The van der Waals surface area contributed by atoms with E-state index in [2.05, 4.69) is 10.3 Å². The van der Waals surface area contributed by atoms with Gasteiger partial charge >= 0.3 is 0 Å². The molecule has 2 aromatic rings. The molecular weight excluding hydrogens is 387 g/mol. The number of nitrogens with one attached hydrogen (secondary N) is 1. The van der Waals surface area contributed by atoms with E-state index in [0.29, 0.717) is 13.0 Å². The van der Waals surface area contributed by atoms with Crippen LogP contribution in [0.3, 0.4) is 0 Å². The number of rotatable bonds is 11. The average molecular weight is 409 g/mol. The van der Waals surface area contributed by atoms with Gasteiger partial charge in [0.15, 0.2) is 23.2 Å². The molecule has 2 rings (SSSR count). The largest absolute Gasteiger partial charge is 0.480 e. The van der Waals surface area contributed by atoms with Crippen LogP contribution in [0.25, 0.3) is 0 Å². The van der Waals surface area contributed by atoms with Crippen molar-refractivity contribution in [3.05, 3.63) is 59.7 Å². The summed E-state index contributed by atoms with van der Waals surface area (Å²) in [5.74, 6) is -4.60. The minimum Gasteiger partial charge on any atom is -0.480 e. The third kappa shape index (κ3) is 6.86. The Morgan fingerprint density at radius 2 is 1.83 bits per heavy atom. The van der Waals surface area contributed by atoms with E-state index in [1.165, 1.54) is 12.1 Å². The van der Waals surface area contributed by atoms with Crippen molar-refractivity contribution in [3.63, 3.8) is 0 Å². The second kappa shape index (κ2) is 11.2. The summed E-state index contributed by atoms with van der Waals surface area (Å²) in [6, 6.07) is 4.47. The van der Waals surface area contributed by atoms with Crippen LogP contribution in [0.2, 0.25) is 0 Å². The highest BCUT2D eigenvalue weighted by molar-refractivity contribution is 5.98. The fraction of sp³-hybridized carbons (Fsp3) is 0.350. The molecule has 0 fully saturated rings. The molecule has 3 N–H and O–H groups in total. The molecule has 9 heteroatoms. The minimum absolute atomic E-state index is 0.00155. The molecule has 0 unspecified atom stereocenters. The Morgan fingerprint density at radius 3 is 2.48 bits per heavy atom. The van der Waals surface area contributed by atoms with E-state index in [9.17, 15) is 22.8 Å². The zero-order valence-corrected chi connectivity index (χ0v) is 15.7. The molecule has 1 aromatic heterocycles. The summed E-state index contributed by atoms with van der Waals surface area (Å²) in [4.78, 5) is 28.3. The number of aromatic nitrogens is 1. The highest BCUT2D eigenvalue weighted by Gasteiger charge is 2.23. The number of benzene rings is 1. The van der Waals surface area contributed by atoms with Gasteiger partial charge in [-0.05, 0) is 37.6 Å². The lowest BCUT2D eigenvalue weighted by Crippen LogP contribution is -2.43. The van der Waals surface area contributed by atoms with Crippen molar-refractivity contribution in [1.29, 1.82) is 0 Å². The zero-order chi connectivity index (χ0) is 21.2. The van der Waals surface area contributed by atoms with Gasteiger partial charge in [-0.1, -0.05) is 18.9 Å². The normalized spacial score (nSPS) is 11.7. The van der Waals surface area contributed by atoms with Crippen molar-refractivity contribution >= 4 is 11.7 Å². The van der Waals surface area contributed by atoms with Crippen molar-refractivity contribution < 1.29 is 27.5 Å².